The zero-order chi connectivity index (χ0) is 17.6. The lowest BCUT2D eigenvalue weighted by Gasteiger charge is -2.12. The van der Waals surface area contributed by atoms with Crippen molar-refractivity contribution in [2.45, 2.75) is 0 Å². The van der Waals surface area contributed by atoms with Crippen LogP contribution in [0.15, 0.2) is 60.7 Å². The van der Waals surface area contributed by atoms with E-state index in [1.54, 1.807) is 32.4 Å². The predicted octanol–water partition coefficient (Wildman–Crippen LogP) is 3.87. The van der Waals surface area contributed by atoms with Crippen molar-refractivity contribution in [2.75, 3.05) is 26.1 Å². The highest BCUT2D eigenvalue weighted by Crippen LogP contribution is 2.29. The minimum absolute atomic E-state index is 0.0985. The molecule has 3 aromatic carbocycles. The summed E-state index contributed by atoms with van der Waals surface area (Å²) in [5.74, 6) is 1.55. The van der Waals surface area contributed by atoms with E-state index in [2.05, 4.69) is 5.32 Å². The van der Waals surface area contributed by atoms with Crippen LogP contribution in [-0.2, 0) is 4.79 Å². The molecule has 128 valence electrons. The fourth-order valence-electron chi connectivity index (χ4n) is 2.50. The molecule has 0 aromatic heterocycles. The highest BCUT2D eigenvalue weighted by Gasteiger charge is 2.10. The second kappa shape index (κ2) is 7.57. The van der Waals surface area contributed by atoms with Crippen LogP contribution >= 0.6 is 0 Å². The van der Waals surface area contributed by atoms with E-state index in [1.807, 2.05) is 42.5 Å². The molecule has 1 N–H and O–H groups in total. The van der Waals surface area contributed by atoms with Gasteiger partial charge >= 0.3 is 0 Å². The number of hydrogen-bond acceptors (Lipinski definition) is 4. The zero-order valence-corrected chi connectivity index (χ0v) is 14.1. The fraction of sp³-hybridized carbons (Fsp3) is 0.150. The summed E-state index contributed by atoms with van der Waals surface area (Å²) in [6.45, 7) is -0.0985. The van der Waals surface area contributed by atoms with E-state index in [0.717, 1.165) is 10.8 Å². The maximum Gasteiger partial charge on any atom is 0.262 e. The Hall–Kier alpha value is -3.21. The molecule has 0 heterocycles. The van der Waals surface area contributed by atoms with Gasteiger partial charge < -0.3 is 19.5 Å². The third-order valence-corrected chi connectivity index (χ3v) is 3.77. The number of amides is 1. The summed E-state index contributed by atoms with van der Waals surface area (Å²) in [6, 6.07) is 18.9. The lowest BCUT2D eigenvalue weighted by Crippen LogP contribution is -2.20. The maximum atomic E-state index is 12.2. The van der Waals surface area contributed by atoms with E-state index in [4.69, 9.17) is 14.2 Å². The molecule has 0 aliphatic rings. The van der Waals surface area contributed by atoms with Crippen LogP contribution in [0.3, 0.4) is 0 Å². The van der Waals surface area contributed by atoms with E-state index in [9.17, 15) is 4.79 Å². The van der Waals surface area contributed by atoms with E-state index in [0.29, 0.717) is 22.9 Å². The van der Waals surface area contributed by atoms with Gasteiger partial charge in [0.2, 0.25) is 0 Å². The number of benzene rings is 3. The largest absolute Gasteiger partial charge is 0.497 e. The van der Waals surface area contributed by atoms with Crippen LogP contribution in [0.1, 0.15) is 0 Å². The Balaban J connectivity index is 1.66. The number of ether oxygens (including phenoxy) is 3. The maximum absolute atomic E-state index is 12.2. The SMILES string of the molecule is COc1ccc(OC)c(NC(=O)COc2ccc3ccccc3c2)c1. The Labute approximate surface area is 146 Å². The van der Waals surface area contributed by atoms with Gasteiger partial charge in [-0.1, -0.05) is 30.3 Å². The van der Waals surface area contributed by atoms with Crippen molar-refractivity contribution >= 4 is 22.4 Å². The second-order valence-corrected chi connectivity index (χ2v) is 5.41. The van der Waals surface area contributed by atoms with Crippen LogP contribution in [0.5, 0.6) is 17.2 Å². The summed E-state index contributed by atoms with van der Waals surface area (Å²) in [5, 5.41) is 4.96. The third-order valence-electron chi connectivity index (χ3n) is 3.77. The van der Waals surface area contributed by atoms with Crippen LogP contribution in [-0.4, -0.2) is 26.7 Å². The third kappa shape index (κ3) is 4.01. The first-order valence-corrected chi connectivity index (χ1v) is 7.83. The first-order valence-electron chi connectivity index (χ1n) is 7.83. The Kier molecular flexibility index (Phi) is 5.04. The van der Waals surface area contributed by atoms with Gasteiger partial charge in [-0.2, -0.15) is 0 Å². The number of rotatable bonds is 6. The molecular formula is C20H19NO4. The molecule has 0 bridgehead atoms. The lowest BCUT2D eigenvalue weighted by atomic mass is 10.1. The smallest absolute Gasteiger partial charge is 0.262 e. The van der Waals surface area contributed by atoms with Gasteiger partial charge in [0.15, 0.2) is 6.61 Å². The number of methoxy groups -OCH3 is 2. The number of fused-ring (bicyclic) bond motifs is 1. The van der Waals surface area contributed by atoms with Crippen molar-refractivity contribution in [3.8, 4) is 17.2 Å². The molecule has 0 atom stereocenters. The first-order chi connectivity index (χ1) is 12.2. The van der Waals surface area contributed by atoms with Crippen molar-refractivity contribution in [2.24, 2.45) is 0 Å². The molecular weight excluding hydrogens is 318 g/mol. The Morgan fingerprint density at radius 3 is 2.40 bits per heavy atom. The highest BCUT2D eigenvalue weighted by molar-refractivity contribution is 5.93. The van der Waals surface area contributed by atoms with Crippen LogP contribution in [0, 0.1) is 0 Å². The van der Waals surface area contributed by atoms with E-state index in [1.165, 1.54) is 0 Å². The molecule has 0 fully saturated rings. The molecule has 25 heavy (non-hydrogen) atoms. The summed E-state index contributed by atoms with van der Waals surface area (Å²) < 4.78 is 16.0. The minimum Gasteiger partial charge on any atom is -0.497 e. The Morgan fingerprint density at radius 1 is 0.880 bits per heavy atom. The normalized spacial score (nSPS) is 10.3. The van der Waals surface area contributed by atoms with Gasteiger partial charge in [-0.25, -0.2) is 0 Å². The van der Waals surface area contributed by atoms with Gasteiger partial charge in [-0.15, -0.1) is 0 Å². The summed E-state index contributed by atoms with van der Waals surface area (Å²) >= 11 is 0. The standard InChI is InChI=1S/C20H19NO4/c1-23-16-9-10-19(24-2)18(12-16)21-20(22)13-25-17-8-7-14-5-3-4-6-15(14)11-17/h3-12H,13H2,1-2H3,(H,21,22). The molecule has 0 radical (unpaired) electrons. The molecule has 0 unspecified atom stereocenters. The number of hydrogen-bond donors (Lipinski definition) is 1. The highest BCUT2D eigenvalue weighted by atomic mass is 16.5. The van der Waals surface area contributed by atoms with E-state index < -0.39 is 0 Å². The van der Waals surface area contributed by atoms with Gasteiger partial charge in [-0.3, -0.25) is 4.79 Å². The quantitative estimate of drug-likeness (QED) is 0.742. The van der Waals surface area contributed by atoms with Crippen LogP contribution in [0.2, 0.25) is 0 Å². The molecule has 0 saturated carbocycles. The van der Waals surface area contributed by atoms with Crippen molar-refractivity contribution < 1.29 is 19.0 Å². The number of carbonyl (C=O) groups excluding carboxylic acids is 1. The predicted molar refractivity (Wildman–Crippen MR) is 97.6 cm³/mol. The zero-order valence-electron chi connectivity index (χ0n) is 14.1. The molecule has 3 aromatic rings. The summed E-state index contributed by atoms with van der Waals surface area (Å²) in [4.78, 5) is 12.2. The summed E-state index contributed by atoms with van der Waals surface area (Å²) in [6.07, 6.45) is 0. The van der Waals surface area contributed by atoms with E-state index >= 15 is 0 Å². The van der Waals surface area contributed by atoms with Gasteiger partial charge in [-0.05, 0) is 35.0 Å². The molecule has 5 heteroatoms. The number of anilines is 1. The summed E-state index contributed by atoms with van der Waals surface area (Å²) in [5.41, 5.74) is 0.536. The molecule has 0 aliphatic heterocycles. The summed E-state index contributed by atoms with van der Waals surface area (Å²) in [7, 11) is 3.11. The van der Waals surface area contributed by atoms with E-state index in [-0.39, 0.29) is 12.5 Å². The molecule has 1 amide bonds. The average molecular weight is 337 g/mol. The van der Waals surface area contributed by atoms with Gasteiger partial charge in [0.05, 0.1) is 19.9 Å². The van der Waals surface area contributed by atoms with Crippen molar-refractivity contribution in [3.05, 3.63) is 60.7 Å². The van der Waals surface area contributed by atoms with Crippen LogP contribution in [0.4, 0.5) is 5.69 Å². The molecule has 0 spiro atoms. The molecule has 0 aliphatic carbocycles. The van der Waals surface area contributed by atoms with Crippen molar-refractivity contribution in [1.29, 1.82) is 0 Å². The average Bonchev–Trinajstić information content (AvgIpc) is 2.66. The Bertz CT molecular complexity index is 892. The second-order valence-electron chi connectivity index (χ2n) is 5.41. The van der Waals surface area contributed by atoms with Crippen molar-refractivity contribution in [3.63, 3.8) is 0 Å². The Morgan fingerprint density at radius 2 is 1.64 bits per heavy atom. The monoisotopic (exact) mass is 337 g/mol. The fourth-order valence-corrected chi connectivity index (χ4v) is 2.50. The molecule has 0 saturated heterocycles. The van der Waals surface area contributed by atoms with Crippen molar-refractivity contribution in [1.82, 2.24) is 0 Å². The van der Waals surface area contributed by atoms with Gasteiger partial charge in [0.25, 0.3) is 5.91 Å². The van der Waals surface area contributed by atoms with Gasteiger partial charge in [0.1, 0.15) is 17.2 Å². The number of carbonyl (C=O) groups is 1. The minimum atomic E-state index is -0.278. The molecule has 3 rings (SSSR count). The first kappa shape index (κ1) is 16.6. The molecule has 5 nitrogen and oxygen atoms in total. The van der Waals surface area contributed by atoms with Gasteiger partial charge in [0, 0.05) is 6.07 Å². The lowest BCUT2D eigenvalue weighted by molar-refractivity contribution is -0.118. The van der Waals surface area contributed by atoms with Crippen LogP contribution in [0.25, 0.3) is 10.8 Å². The number of nitrogens with one attached hydrogen (secondary N) is 1. The topological polar surface area (TPSA) is 56.8 Å². The van der Waals surface area contributed by atoms with Crippen LogP contribution < -0.4 is 19.5 Å².